The quantitative estimate of drug-likeness (QED) is 0.358. The Hall–Kier alpha value is -2.00. The average molecular weight is 431 g/mol. The summed E-state index contributed by atoms with van der Waals surface area (Å²) in [7, 11) is 1.58. The maximum atomic E-state index is 13.6. The molecule has 0 unspecified atom stereocenters. The van der Waals surface area contributed by atoms with E-state index >= 15 is 0 Å². The van der Waals surface area contributed by atoms with E-state index in [1.54, 1.807) is 13.1 Å². The molecule has 1 fully saturated rings. The lowest BCUT2D eigenvalue weighted by molar-refractivity contribution is -0.138. The van der Waals surface area contributed by atoms with Crippen molar-refractivity contribution in [3.8, 4) is 0 Å². The number of halogens is 3. The predicted octanol–water partition coefficient (Wildman–Crippen LogP) is 3.27. The summed E-state index contributed by atoms with van der Waals surface area (Å²) in [5.41, 5.74) is 0.109. The first-order valence-electron chi connectivity index (χ1n) is 10.4. The maximum absolute atomic E-state index is 13.6. The Morgan fingerprint density at radius 3 is 2.57 bits per heavy atom. The van der Waals surface area contributed by atoms with E-state index in [9.17, 15) is 13.2 Å². The first kappa shape index (κ1) is 24.3. The zero-order valence-electron chi connectivity index (χ0n) is 18.0. The van der Waals surface area contributed by atoms with Gasteiger partial charge in [-0.25, -0.2) is 0 Å². The second-order valence-corrected chi connectivity index (χ2v) is 7.59. The summed E-state index contributed by atoms with van der Waals surface area (Å²) in [6.07, 6.45) is -3.44. The highest BCUT2D eigenvalue weighted by molar-refractivity contribution is 5.79. The summed E-state index contributed by atoms with van der Waals surface area (Å²) in [5, 5.41) is 6.02. The minimum atomic E-state index is -4.43. The minimum Gasteiger partial charge on any atom is -0.380 e. The minimum absolute atomic E-state index is 0.0200. The maximum Gasteiger partial charge on any atom is 0.416 e. The molecule has 1 aliphatic heterocycles. The summed E-state index contributed by atoms with van der Waals surface area (Å²) in [4.78, 5) is 5.98. The van der Waals surface area contributed by atoms with Gasteiger partial charge in [0.25, 0.3) is 0 Å². The molecular formula is C21H33F3N4O2. The Bertz CT molecular complexity index is 675. The van der Waals surface area contributed by atoms with Crippen LogP contribution in [0, 0.1) is 5.92 Å². The fourth-order valence-electron chi connectivity index (χ4n) is 3.06. The molecule has 0 spiro atoms. The van der Waals surface area contributed by atoms with Crippen LogP contribution in [0.25, 0.3) is 0 Å². The number of nitrogens with one attached hydrogen (secondary N) is 2. The molecule has 0 radical (unpaired) electrons. The number of benzene rings is 1. The largest absolute Gasteiger partial charge is 0.416 e. The van der Waals surface area contributed by atoms with Gasteiger partial charge in [0.1, 0.15) is 0 Å². The molecule has 170 valence electrons. The van der Waals surface area contributed by atoms with Crippen LogP contribution in [0.5, 0.6) is 0 Å². The van der Waals surface area contributed by atoms with Crippen molar-refractivity contribution in [1.29, 1.82) is 0 Å². The normalized spacial score (nSPS) is 15.6. The van der Waals surface area contributed by atoms with Crippen LogP contribution >= 0.6 is 0 Å². The van der Waals surface area contributed by atoms with Gasteiger partial charge in [-0.1, -0.05) is 19.9 Å². The smallest absolute Gasteiger partial charge is 0.380 e. The number of anilines is 1. The zero-order valence-corrected chi connectivity index (χ0v) is 18.0. The number of hydrogen-bond donors (Lipinski definition) is 2. The Morgan fingerprint density at radius 1 is 1.20 bits per heavy atom. The topological polar surface area (TPSA) is 58.1 Å². The molecule has 0 bridgehead atoms. The molecule has 2 N–H and O–H groups in total. The molecule has 1 saturated heterocycles. The van der Waals surface area contributed by atoms with Crippen LogP contribution in [0.2, 0.25) is 0 Å². The van der Waals surface area contributed by atoms with Crippen molar-refractivity contribution in [1.82, 2.24) is 10.6 Å². The van der Waals surface area contributed by atoms with E-state index in [0.29, 0.717) is 63.6 Å². The lowest BCUT2D eigenvalue weighted by Gasteiger charge is -2.29. The molecule has 30 heavy (non-hydrogen) atoms. The Labute approximate surface area is 176 Å². The second-order valence-electron chi connectivity index (χ2n) is 7.59. The molecule has 0 amide bonds. The van der Waals surface area contributed by atoms with Crippen molar-refractivity contribution >= 4 is 11.6 Å². The predicted molar refractivity (Wildman–Crippen MR) is 113 cm³/mol. The third-order valence-corrected chi connectivity index (χ3v) is 4.82. The van der Waals surface area contributed by atoms with Crippen molar-refractivity contribution < 1.29 is 22.6 Å². The standard InChI is InChI=1S/C21H33F3N4O2/c1-16(2)6-10-29-11-7-26-20(25-3)27-15-17-4-5-18(14-19(17)21(22,23)24)28-8-12-30-13-9-28/h4-5,14,16H,6-13,15H2,1-3H3,(H2,25,26,27). The van der Waals surface area contributed by atoms with Crippen LogP contribution in [0.3, 0.4) is 0 Å². The second kappa shape index (κ2) is 12.0. The Balaban J connectivity index is 1.92. The van der Waals surface area contributed by atoms with Gasteiger partial charge in [0.2, 0.25) is 0 Å². The summed E-state index contributed by atoms with van der Waals surface area (Å²) in [6.45, 7) is 8.24. The molecule has 1 heterocycles. The van der Waals surface area contributed by atoms with Crippen LogP contribution in [0.1, 0.15) is 31.4 Å². The number of hydrogen-bond acceptors (Lipinski definition) is 4. The molecule has 1 aliphatic rings. The first-order chi connectivity index (χ1) is 14.3. The number of guanidine groups is 1. The fourth-order valence-corrected chi connectivity index (χ4v) is 3.06. The van der Waals surface area contributed by atoms with Gasteiger partial charge in [-0.05, 0) is 30.0 Å². The fraction of sp³-hybridized carbons (Fsp3) is 0.667. The van der Waals surface area contributed by atoms with E-state index in [1.165, 1.54) is 12.1 Å². The monoisotopic (exact) mass is 430 g/mol. The van der Waals surface area contributed by atoms with Gasteiger partial charge in [0, 0.05) is 45.5 Å². The Kier molecular flexibility index (Phi) is 9.71. The molecule has 6 nitrogen and oxygen atoms in total. The van der Waals surface area contributed by atoms with E-state index in [2.05, 4.69) is 29.5 Å². The average Bonchev–Trinajstić information content (AvgIpc) is 2.72. The zero-order chi connectivity index (χ0) is 22.0. The van der Waals surface area contributed by atoms with E-state index in [-0.39, 0.29) is 12.1 Å². The van der Waals surface area contributed by atoms with Gasteiger partial charge in [-0.15, -0.1) is 0 Å². The highest BCUT2D eigenvalue weighted by Gasteiger charge is 2.34. The van der Waals surface area contributed by atoms with Crippen molar-refractivity contribution in [2.24, 2.45) is 10.9 Å². The number of rotatable bonds is 9. The van der Waals surface area contributed by atoms with E-state index in [4.69, 9.17) is 9.47 Å². The van der Waals surface area contributed by atoms with E-state index < -0.39 is 11.7 Å². The lowest BCUT2D eigenvalue weighted by Crippen LogP contribution is -2.39. The third-order valence-electron chi connectivity index (χ3n) is 4.82. The third kappa shape index (κ3) is 8.02. The van der Waals surface area contributed by atoms with Crippen LogP contribution in [-0.2, 0) is 22.2 Å². The highest BCUT2D eigenvalue weighted by atomic mass is 19.4. The first-order valence-corrected chi connectivity index (χ1v) is 10.4. The van der Waals surface area contributed by atoms with Crippen LogP contribution < -0.4 is 15.5 Å². The van der Waals surface area contributed by atoms with Gasteiger partial charge in [0.05, 0.1) is 25.4 Å². The molecule has 0 aromatic heterocycles. The van der Waals surface area contributed by atoms with Crippen molar-refractivity contribution in [3.05, 3.63) is 29.3 Å². The molecule has 0 atom stereocenters. The number of morpholine rings is 1. The van der Waals surface area contributed by atoms with Crippen molar-refractivity contribution in [3.63, 3.8) is 0 Å². The summed E-state index contributed by atoms with van der Waals surface area (Å²) in [5.74, 6) is 1.03. The number of nitrogens with zero attached hydrogens (tertiary/aromatic N) is 2. The van der Waals surface area contributed by atoms with E-state index in [1.807, 2.05) is 4.90 Å². The summed E-state index contributed by atoms with van der Waals surface area (Å²) < 4.78 is 51.7. The van der Waals surface area contributed by atoms with Crippen LogP contribution in [-0.4, -0.2) is 59.1 Å². The van der Waals surface area contributed by atoms with Crippen molar-refractivity contribution in [2.45, 2.75) is 33.0 Å². The van der Waals surface area contributed by atoms with Crippen molar-refractivity contribution in [2.75, 3.05) is 58.0 Å². The molecule has 1 aromatic carbocycles. The highest BCUT2D eigenvalue weighted by Crippen LogP contribution is 2.35. The lowest BCUT2D eigenvalue weighted by atomic mass is 10.0. The van der Waals surface area contributed by atoms with Gasteiger partial charge in [-0.3, -0.25) is 4.99 Å². The molecule has 1 aromatic rings. The summed E-state index contributed by atoms with van der Waals surface area (Å²) in [6, 6.07) is 4.49. The molecule has 2 rings (SSSR count). The van der Waals surface area contributed by atoms with Gasteiger partial charge in [0.15, 0.2) is 5.96 Å². The van der Waals surface area contributed by atoms with E-state index in [0.717, 1.165) is 6.42 Å². The Morgan fingerprint density at radius 2 is 1.93 bits per heavy atom. The van der Waals surface area contributed by atoms with Crippen LogP contribution in [0.4, 0.5) is 18.9 Å². The molecule has 9 heteroatoms. The number of ether oxygens (including phenoxy) is 2. The molecule has 0 saturated carbocycles. The summed E-state index contributed by atoms with van der Waals surface area (Å²) >= 11 is 0. The molecule has 0 aliphatic carbocycles. The number of aliphatic imine (C=N–C) groups is 1. The van der Waals surface area contributed by atoms with Gasteiger partial charge >= 0.3 is 6.18 Å². The van der Waals surface area contributed by atoms with Crippen LogP contribution in [0.15, 0.2) is 23.2 Å². The number of alkyl halides is 3. The van der Waals surface area contributed by atoms with Gasteiger partial charge < -0.3 is 25.0 Å². The SMILES string of the molecule is CN=C(NCCOCCC(C)C)NCc1ccc(N2CCOCC2)cc1C(F)(F)F. The molecular weight excluding hydrogens is 397 g/mol. The van der Waals surface area contributed by atoms with Gasteiger partial charge in [-0.2, -0.15) is 13.2 Å².